The summed E-state index contributed by atoms with van der Waals surface area (Å²) < 4.78 is 4.50. The van der Waals surface area contributed by atoms with Gasteiger partial charge in [-0.1, -0.05) is 30.3 Å². The second-order valence-electron chi connectivity index (χ2n) is 6.22. The van der Waals surface area contributed by atoms with Crippen LogP contribution in [0.25, 0.3) is 0 Å². The van der Waals surface area contributed by atoms with E-state index in [0.29, 0.717) is 0 Å². The minimum atomic E-state index is -0.589. The van der Waals surface area contributed by atoms with Crippen LogP contribution in [0, 0.1) is 0 Å². The third-order valence-corrected chi connectivity index (χ3v) is 4.41. The first-order valence-electron chi connectivity index (χ1n) is 8.49. The van der Waals surface area contributed by atoms with Crippen molar-refractivity contribution in [3.63, 3.8) is 0 Å². The van der Waals surface area contributed by atoms with Gasteiger partial charge in [0.1, 0.15) is 6.04 Å². The van der Waals surface area contributed by atoms with Crippen molar-refractivity contribution in [3.05, 3.63) is 35.9 Å². The number of alkyl carbamates (subject to hydrolysis) is 1. The molecule has 2 N–H and O–H groups in total. The Morgan fingerprint density at radius 1 is 1.25 bits per heavy atom. The predicted octanol–water partition coefficient (Wildman–Crippen LogP) is 1.55. The van der Waals surface area contributed by atoms with Gasteiger partial charge in [-0.05, 0) is 31.7 Å². The Bertz CT molecular complexity index is 528. The van der Waals surface area contributed by atoms with Crippen molar-refractivity contribution >= 4 is 12.0 Å². The van der Waals surface area contributed by atoms with Gasteiger partial charge in [-0.3, -0.25) is 4.79 Å². The largest absolute Gasteiger partial charge is 0.453 e. The molecule has 2 rings (SSSR count). The van der Waals surface area contributed by atoms with Crippen LogP contribution in [0.15, 0.2) is 30.3 Å². The second kappa shape index (κ2) is 9.27. The number of hydrogen-bond acceptors (Lipinski definition) is 4. The molecule has 6 nitrogen and oxygen atoms in total. The minimum Gasteiger partial charge on any atom is -0.453 e. The number of methoxy groups -OCH3 is 1. The molecule has 1 aliphatic rings. The molecule has 0 saturated carbocycles. The van der Waals surface area contributed by atoms with Gasteiger partial charge in [0.15, 0.2) is 0 Å². The zero-order valence-corrected chi connectivity index (χ0v) is 14.5. The molecule has 1 aromatic rings. The van der Waals surface area contributed by atoms with Crippen molar-refractivity contribution < 1.29 is 14.3 Å². The molecule has 132 valence electrons. The average molecular weight is 333 g/mol. The van der Waals surface area contributed by atoms with E-state index < -0.39 is 12.1 Å². The molecule has 0 radical (unpaired) electrons. The number of amides is 2. The van der Waals surface area contributed by atoms with Crippen molar-refractivity contribution in [2.24, 2.45) is 0 Å². The molecule has 24 heavy (non-hydrogen) atoms. The molecule has 1 aliphatic heterocycles. The lowest BCUT2D eigenvalue weighted by molar-refractivity contribution is -0.123. The molecular weight excluding hydrogens is 306 g/mol. The molecule has 0 aromatic heterocycles. The monoisotopic (exact) mass is 333 g/mol. The number of piperidine rings is 1. The smallest absolute Gasteiger partial charge is 0.407 e. The molecule has 0 spiro atoms. The van der Waals surface area contributed by atoms with Crippen molar-refractivity contribution in [2.45, 2.75) is 38.3 Å². The standard InChI is InChI=1S/C18H27N3O3/c1-14(19-18(23)24-2)17(22)20-16-9-12-21(13-10-16)11-8-15-6-4-3-5-7-15/h3-7,14,16H,8-13H2,1-2H3,(H,19,23)(H,20,22)/t14-/m0/s1. The number of ether oxygens (including phenoxy) is 1. The number of hydrogen-bond donors (Lipinski definition) is 2. The Morgan fingerprint density at radius 2 is 1.92 bits per heavy atom. The molecule has 6 heteroatoms. The van der Waals surface area contributed by atoms with Crippen LogP contribution in [0.2, 0.25) is 0 Å². The van der Waals surface area contributed by atoms with Crippen LogP contribution < -0.4 is 10.6 Å². The van der Waals surface area contributed by atoms with Gasteiger partial charge < -0.3 is 20.3 Å². The Morgan fingerprint density at radius 3 is 2.54 bits per heavy atom. The topological polar surface area (TPSA) is 70.7 Å². The van der Waals surface area contributed by atoms with Crippen LogP contribution in [-0.2, 0) is 16.0 Å². The number of likely N-dealkylation sites (tertiary alicyclic amines) is 1. The Kier molecular flexibility index (Phi) is 7.06. The fourth-order valence-electron chi connectivity index (χ4n) is 2.86. The number of benzene rings is 1. The SMILES string of the molecule is COC(=O)N[C@@H](C)C(=O)NC1CCN(CCc2ccccc2)CC1. The lowest BCUT2D eigenvalue weighted by Gasteiger charge is -2.32. The first-order chi connectivity index (χ1) is 11.6. The summed E-state index contributed by atoms with van der Waals surface area (Å²) in [5.41, 5.74) is 1.36. The van der Waals surface area contributed by atoms with Crippen molar-refractivity contribution in [1.82, 2.24) is 15.5 Å². The van der Waals surface area contributed by atoms with Crippen LogP contribution in [0.5, 0.6) is 0 Å². The summed E-state index contributed by atoms with van der Waals surface area (Å²) in [4.78, 5) is 25.6. The second-order valence-corrected chi connectivity index (χ2v) is 6.22. The van der Waals surface area contributed by atoms with Gasteiger partial charge in [0.05, 0.1) is 7.11 Å². The van der Waals surface area contributed by atoms with E-state index in [0.717, 1.165) is 38.9 Å². The number of carbonyl (C=O) groups excluding carboxylic acids is 2. The minimum absolute atomic E-state index is 0.164. The molecule has 0 unspecified atom stereocenters. The van der Waals surface area contributed by atoms with Crippen LogP contribution in [0.3, 0.4) is 0 Å². The van der Waals surface area contributed by atoms with Crippen molar-refractivity contribution in [2.75, 3.05) is 26.7 Å². The Labute approximate surface area is 143 Å². The number of nitrogens with zero attached hydrogens (tertiary/aromatic N) is 1. The first-order valence-corrected chi connectivity index (χ1v) is 8.49. The highest BCUT2D eigenvalue weighted by molar-refractivity contribution is 5.85. The van der Waals surface area contributed by atoms with E-state index in [2.05, 4.69) is 44.5 Å². The van der Waals surface area contributed by atoms with E-state index >= 15 is 0 Å². The Balaban J connectivity index is 1.67. The van der Waals surface area contributed by atoms with Gasteiger partial charge in [0, 0.05) is 25.7 Å². The molecule has 1 saturated heterocycles. The zero-order chi connectivity index (χ0) is 17.4. The molecular formula is C18H27N3O3. The summed E-state index contributed by atoms with van der Waals surface area (Å²) in [7, 11) is 1.28. The third-order valence-electron chi connectivity index (χ3n) is 4.41. The van der Waals surface area contributed by atoms with Crippen LogP contribution in [0.1, 0.15) is 25.3 Å². The quantitative estimate of drug-likeness (QED) is 0.829. The van der Waals surface area contributed by atoms with E-state index in [4.69, 9.17) is 0 Å². The fourth-order valence-corrected chi connectivity index (χ4v) is 2.86. The summed E-state index contributed by atoms with van der Waals surface area (Å²) in [6, 6.07) is 10.1. The van der Waals surface area contributed by atoms with E-state index in [9.17, 15) is 9.59 Å². The molecule has 0 aliphatic carbocycles. The first kappa shape index (κ1) is 18.3. The van der Waals surface area contributed by atoms with Gasteiger partial charge in [0.25, 0.3) is 0 Å². The highest BCUT2D eigenvalue weighted by Crippen LogP contribution is 2.11. The number of carbonyl (C=O) groups is 2. The van der Waals surface area contributed by atoms with E-state index in [1.807, 2.05) is 6.07 Å². The lowest BCUT2D eigenvalue weighted by Crippen LogP contribution is -2.51. The van der Waals surface area contributed by atoms with E-state index in [1.54, 1.807) is 6.92 Å². The van der Waals surface area contributed by atoms with Crippen molar-refractivity contribution in [1.29, 1.82) is 0 Å². The molecule has 0 bridgehead atoms. The van der Waals surface area contributed by atoms with E-state index in [-0.39, 0.29) is 11.9 Å². The van der Waals surface area contributed by atoms with Gasteiger partial charge in [-0.25, -0.2) is 4.79 Å². The molecule has 1 aromatic carbocycles. The maximum atomic E-state index is 12.1. The van der Waals surface area contributed by atoms with Gasteiger partial charge in [-0.2, -0.15) is 0 Å². The van der Waals surface area contributed by atoms with Gasteiger partial charge in [-0.15, -0.1) is 0 Å². The molecule has 1 heterocycles. The maximum Gasteiger partial charge on any atom is 0.407 e. The summed E-state index contributed by atoms with van der Waals surface area (Å²) in [5, 5.41) is 5.49. The van der Waals surface area contributed by atoms with Crippen molar-refractivity contribution in [3.8, 4) is 0 Å². The number of nitrogens with one attached hydrogen (secondary N) is 2. The van der Waals surface area contributed by atoms with Crippen LogP contribution in [-0.4, -0.2) is 55.7 Å². The van der Waals surface area contributed by atoms with Crippen LogP contribution in [0.4, 0.5) is 4.79 Å². The molecule has 2 amide bonds. The zero-order valence-electron chi connectivity index (χ0n) is 14.5. The number of rotatable bonds is 6. The van der Waals surface area contributed by atoms with Gasteiger partial charge >= 0.3 is 6.09 Å². The molecule has 1 fully saturated rings. The van der Waals surface area contributed by atoms with E-state index in [1.165, 1.54) is 12.7 Å². The summed E-state index contributed by atoms with van der Waals surface area (Å²) in [5.74, 6) is -0.164. The summed E-state index contributed by atoms with van der Waals surface area (Å²) >= 11 is 0. The van der Waals surface area contributed by atoms with Gasteiger partial charge in [0.2, 0.25) is 5.91 Å². The predicted molar refractivity (Wildman–Crippen MR) is 92.8 cm³/mol. The normalized spacial score (nSPS) is 17.1. The average Bonchev–Trinajstić information content (AvgIpc) is 2.61. The Hall–Kier alpha value is -2.08. The fraction of sp³-hybridized carbons (Fsp3) is 0.556. The third kappa shape index (κ3) is 5.85. The highest BCUT2D eigenvalue weighted by Gasteiger charge is 2.23. The lowest BCUT2D eigenvalue weighted by atomic mass is 10.0. The summed E-state index contributed by atoms with van der Waals surface area (Å²) in [6.07, 6.45) is 2.34. The maximum absolute atomic E-state index is 12.1. The molecule has 1 atom stereocenters. The highest BCUT2D eigenvalue weighted by atomic mass is 16.5. The van der Waals surface area contributed by atoms with Crippen LogP contribution >= 0.6 is 0 Å². The summed E-state index contributed by atoms with van der Waals surface area (Å²) in [6.45, 7) is 4.67.